The molecule has 2 heterocycles. The first-order valence-corrected chi connectivity index (χ1v) is 11.5. The maximum Gasteiger partial charge on any atom is 0.410 e. The van der Waals surface area contributed by atoms with Crippen molar-refractivity contribution < 1.29 is 14.3 Å². The number of nitrogens with zero attached hydrogens (tertiary/aromatic N) is 4. The van der Waals surface area contributed by atoms with Gasteiger partial charge in [-0.25, -0.2) is 4.79 Å². The molecule has 2 fully saturated rings. The Kier molecular flexibility index (Phi) is 6.43. The van der Waals surface area contributed by atoms with E-state index in [4.69, 9.17) is 4.74 Å². The second-order valence-corrected chi connectivity index (χ2v) is 9.77. The van der Waals surface area contributed by atoms with Gasteiger partial charge in [-0.2, -0.15) is 5.21 Å². The molecule has 32 heavy (non-hydrogen) atoms. The van der Waals surface area contributed by atoms with Gasteiger partial charge in [0.2, 0.25) is 11.7 Å². The molecule has 1 aromatic carbocycles. The molecule has 1 saturated heterocycles. The number of rotatable bonds is 4. The van der Waals surface area contributed by atoms with Crippen LogP contribution in [0.5, 0.6) is 0 Å². The van der Waals surface area contributed by atoms with E-state index in [1.54, 1.807) is 4.90 Å². The number of hydrogen-bond donors (Lipinski definition) is 2. The SMILES string of the molecule is CC(C)(C)OC(=O)N1CC[C@@H](C2CCCCC2)[C@H]1C(=O)Nc1ccc(-c2nn[nH]n2)cc1. The number of anilines is 1. The van der Waals surface area contributed by atoms with Gasteiger partial charge in [0, 0.05) is 17.8 Å². The summed E-state index contributed by atoms with van der Waals surface area (Å²) in [6, 6.07) is 6.77. The molecule has 4 rings (SSSR count). The number of aromatic nitrogens is 4. The predicted octanol–water partition coefficient (Wildman–Crippen LogP) is 4.01. The number of likely N-dealkylation sites (tertiary alicyclic amines) is 1. The Morgan fingerprint density at radius 3 is 2.44 bits per heavy atom. The van der Waals surface area contributed by atoms with Crippen molar-refractivity contribution in [3.63, 3.8) is 0 Å². The predicted molar refractivity (Wildman–Crippen MR) is 120 cm³/mol. The molecule has 0 bridgehead atoms. The van der Waals surface area contributed by atoms with Gasteiger partial charge < -0.3 is 10.1 Å². The van der Waals surface area contributed by atoms with Gasteiger partial charge in [-0.1, -0.05) is 32.1 Å². The van der Waals surface area contributed by atoms with Crippen molar-refractivity contribution >= 4 is 17.7 Å². The first-order valence-electron chi connectivity index (χ1n) is 11.5. The fourth-order valence-electron chi connectivity index (χ4n) is 4.94. The highest BCUT2D eigenvalue weighted by Gasteiger charge is 2.46. The standard InChI is InChI=1S/C23H32N6O3/c1-23(2,3)32-22(31)29-14-13-18(15-7-5-4-6-8-15)19(29)21(30)24-17-11-9-16(10-12-17)20-25-27-28-26-20/h9-12,15,18-19H,4-8,13-14H2,1-3H3,(H,24,30)(H,25,26,27,28)/t18-,19-/m0/s1. The van der Waals surface area contributed by atoms with Crippen LogP contribution in [-0.2, 0) is 9.53 Å². The minimum atomic E-state index is -0.605. The van der Waals surface area contributed by atoms with E-state index in [-0.39, 0.29) is 11.8 Å². The number of nitrogens with one attached hydrogen (secondary N) is 2. The molecule has 2 amide bonds. The third-order valence-corrected chi connectivity index (χ3v) is 6.35. The van der Waals surface area contributed by atoms with Crippen molar-refractivity contribution in [2.45, 2.75) is 70.9 Å². The number of carbonyl (C=O) groups is 2. The lowest BCUT2D eigenvalue weighted by Crippen LogP contribution is -2.49. The Bertz CT molecular complexity index is 916. The smallest absolute Gasteiger partial charge is 0.410 e. The fourth-order valence-corrected chi connectivity index (χ4v) is 4.94. The molecule has 9 heteroatoms. The van der Waals surface area contributed by atoms with E-state index >= 15 is 0 Å². The quantitative estimate of drug-likeness (QED) is 0.743. The number of aromatic amines is 1. The van der Waals surface area contributed by atoms with E-state index in [2.05, 4.69) is 25.9 Å². The van der Waals surface area contributed by atoms with E-state index in [9.17, 15) is 9.59 Å². The van der Waals surface area contributed by atoms with Crippen molar-refractivity contribution in [3.8, 4) is 11.4 Å². The monoisotopic (exact) mass is 440 g/mol. The topological polar surface area (TPSA) is 113 Å². The van der Waals surface area contributed by atoms with E-state index in [0.29, 0.717) is 24.0 Å². The molecule has 2 atom stereocenters. The third-order valence-electron chi connectivity index (χ3n) is 6.35. The van der Waals surface area contributed by atoms with Crippen LogP contribution in [-0.4, -0.2) is 55.7 Å². The summed E-state index contributed by atoms with van der Waals surface area (Å²) < 4.78 is 5.63. The molecular formula is C23H32N6O3. The highest BCUT2D eigenvalue weighted by Crippen LogP contribution is 2.39. The second-order valence-electron chi connectivity index (χ2n) is 9.77. The Morgan fingerprint density at radius 2 is 1.81 bits per heavy atom. The maximum absolute atomic E-state index is 13.5. The molecule has 1 aliphatic carbocycles. The van der Waals surface area contributed by atoms with Gasteiger partial charge in [0.1, 0.15) is 11.6 Å². The Labute approximate surface area is 188 Å². The average molecular weight is 441 g/mol. The lowest BCUT2D eigenvalue weighted by Gasteiger charge is -2.34. The van der Waals surface area contributed by atoms with E-state index < -0.39 is 17.7 Å². The summed E-state index contributed by atoms with van der Waals surface area (Å²) in [5.74, 6) is 0.956. The van der Waals surface area contributed by atoms with Crippen molar-refractivity contribution in [1.82, 2.24) is 25.5 Å². The molecule has 2 aromatic rings. The Hall–Kier alpha value is -2.97. The lowest BCUT2D eigenvalue weighted by molar-refractivity contribution is -0.122. The van der Waals surface area contributed by atoms with Crippen molar-refractivity contribution in [3.05, 3.63) is 24.3 Å². The molecule has 172 valence electrons. The average Bonchev–Trinajstić information content (AvgIpc) is 3.44. The number of H-pyrrole nitrogens is 1. The third kappa shape index (κ3) is 5.08. The molecule has 1 aliphatic heterocycles. The van der Waals surface area contributed by atoms with Crippen molar-refractivity contribution in [2.75, 3.05) is 11.9 Å². The summed E-state index contributed by atoms with van der Waals surface area (Å²) in [5.41, 5.74) is 0.861. The van der Waals surface area contributed by atoms with Crippen LogP contribution in [0, 0.1) is 11.8 Å². The van der Waals surface area contributed by atoms with Crippen molar-refractivity contribution in [1.29, 1.82) is 0 Å². The minimum absolute atomic E-state index is 0.154. The van der Waals surface area contributed by atoms with Crippen LogP contribution in [0.15, 0.2) is 24.3 Å². The summed E-state index contributed by atoms with van der Waals surface area (Å²) in [4.78, 5) is 28.0. The van der Waals surface area contributed by atoms with Gasteiger partial charge in [-0.3, -0.25) is 9.69 Å². The van der Waals surface area contributed by atoms with E-state index in [0.717, 1.165) is 24.8 Å². The number of hydrogen-bond acceptors (Lipinski definition) is 6. The lowest BCUT2D eigenvalue weighted by atomic mass is 9.76. The maximum atomic E-state index is 13.5. The van der Waals surface area contributed by atoms with Gasteiger partial charge in [-0.05, 0) is 68.5 Å². The molecule has 2 aliphatic rings. The van der Waals surface area contributed by atoms with Crippen LogP contribution in [0.25, 0.3) is 11.4 Å². The van der Waals surface area contributed by atoms with Gasteiger partial charge >= 0.3 is 6.09 Å². The number of amides is 2. The van der Waals surface area contributed by atoms with Crippen LogP contribution < -0.4 is 5.32 Å². The molecule has 0 radical (unpaired) electrons. The van der Waals surface area contributed by atoms with Crippen molar-refractivity contribution in [2.24, 2.45) is 11.8 Å². The minimum Gasteiger partial charge on any atom is -0.444 e. The molecule has 2 N–H and O–H groups in total. The second kappa shape index (κ2) is 9.26. The van der Waals surface area contributed by atoms with Gasteiger partial charge in [0.15, 0.2) is 0 Å². The number of ether oxygens (including phenoxy) is 1. The molecule has 1 saturated carbocycles. The Balaban J connectivity index is 1.52. The molecule has 1 aromatic heterocycles. The highest BCUT2D eigenvalue weighted by molar-refractivity contribution is 5.97. The summed E-state index contributed by atoms with van der Waals surface area (Å²) in [6.07, 6.45) is 6.30. The van der Waals surface area contributed by atoms with Gasteiger partial charge in [0.05, 0.1) is 0 Å². The van der Waals surface area contributed by atoms with Crippen LogP contribution in [0.1, 0.15) is 59.3 Å². The molecule has 0 spiro atoms. The summed E-state index contributed by atoms with van der Waals surface area (Å²) >= 11 is 0. The van der Waals surface area contributed by atoms with Crippen LogP contribution in [0.4, 0.5) is 10.5 Å². The zero-order valence-electron chi connectivity index (χ0n) is 19.0. The van der Waals surface area contributed by atoms with E-state index in [1.165, 1.54) is 19.3 Å². The first kappa shape index (κ1) is 22.2. The largest absolute Gasteiger partial charge is 0.444 e. The van der Waals surface area contributed by atoms with Gasteiger partial charge in [-0.15, -0.1) is 10.2 Å². The zero-order valence-corrected chi connectivity index (χ0v) is 19.0. The summed E-state index contributed by atoms with van der Waals surface area (Å²) in [6.45, 7) is 6.09. The highest BCUT2D eigenvalue weighted by atomic mass is 16.6. The van der Waals surface area contributed by atoms with Crippen LogP contribution >= 0.6 is 0 Å². The number of benzene rings is 1. The number of tetrazole rings is 1. The zero-order chi connectivity index (χ0) is 22.7. The normalized spacial score (nSPS) is 22.0. The molecule has 9 nitrogen and oxygen atoms in total. The molecule has 0 unspecified atom stereocenters. The first-order chi connectivity index (χ1) is 15.3. The van der Waals surface area contributed by atoms with Gasteiger partial charge in [0.25, 0.3) is 0 Å². The van der Waals surface area contributed by atoms with Crippen LogP contribution in [0.3, 0.4) is 0 Å². The summed E-state index contributed by atoms with van der Waals surface area (Å²) in [5, 5.41) is 17.0. The molecular weight excluding hydrogens is 408 g/mol. The van der Waals surface area contributed by atoms with Crippen LogP contribution in [0.2, 0.25) is 0 Å². The fraction of sp³-hybridized carbons (Fsp3) is 0.609. The van der Waals surface area contributed by atoms with E-state index in [1.807, 2.05) is 45.0 Å². The number of carbonyl (C=O) groups excluding carboxylic acids is 2. The Morgan fingerprint density at radius 1 is 1.09 bits per heavy atom. The summed E-state index contributed by atoms with van der Waals surface area (Å²) in [7, 11) is 0.